The van der Waals surface area contributed by atoms with Gasteiger partial charge in [-0.2, -0.15) is 5.06 Å². The average Bonchev–Trinajstić information content (AvgIpc) is 3.17. The molecular weight excluding hydrogens is 433 g/mol. The van der Waals surface area contributed by atoms with Crippen molar-refractivity contribution in [2.24, 2.45) is 0 Å². The molecule has 0 aromatic carbocycles. The summed E-state index contributed by atoms with van der Waals surface area (Å²) in [6.07, 6.45) is 2.49. The van der Waals surface area contributed by atoms with Crippen LogP contribution < -0.4 is 16.2 Å². The van der Waals surface area contributed by atoms with E-state index in [-0.39, 0.29) is 24.1 Å². The lowest BCUT2D eigenvalue weighted by Gasteiger charge is -2.22. The van der Waals surface area contributed by atoms with E-state index in [1.54, 1.807) is 6.20 Å². The highest BCUT2D eigenvalue weighted by Crippen LogP contribution is 2.06. The van der Waals surface area contributed by atoms with Crippen LogP contribution in [0.5, 0.6) is 0 Å². The molecule has 15 heteroatoms. The van der Waals surface area contributed by atoms with Gasteiger partial charge in [0.05, 0.1) is 12.4 Å². The summed E-state index contributed by atoms with van der Waals surface area (Å²) in [6.45, 7) is 0.166. The Morgan fingerprint density at radius 2 is 1.88 bits per heavy atom. The zero-order chi connectivity index (χ0) is 23.9. The molecule has 32 heavy (non-hydrogen) atoms. The number of carbonyl (C=O) groups is 4. The highest BCUT2D eigenvalue weighted by molar-refractivity contribution is 5.82. The van der Waals surface area contributed by atoms with Gasteiger partial charge in [-0.25, -0.2) is 19.7 Å². The number of aryl methyl sites for hydroxylation is 1. The zero-order valence-corrected chi connectivity index (χ0v) is 17.4. The van der Waals surface area contributed by atoms with Crippen LogP contribution in [0.4, 0.5) is 9.18 Å². The van der Waals surface area contributed by atoms with E-state index in [0.717, 1.165) is 0 Å². The Kier molecular flexibility index (Phi) is 12.2. The Morgan fingerprint density at radius 1 is 1.16 bits per heavy atom. The smallest absolute Gasteiger partial charge is 0.356 e. The van der Waals surface area contributed by atoms with Crippen molar-refractivity contribution in [1.82, 2.24) is 36.2 Å². The summed E-state index contributed by atoms with van der Waals surface area (Å²) < 4.78 is 13.5. The van der Waals surface area contributed by atoms with Crippen molar-refractivity contribution >= 4 is 23.9 Å². The van der Waals surface area contributed by atoms with E-state index in [2.05, 4.69) is 26.5 Å². The highest BCUT2D eigenvalue weighted by Gasteiger charge is 2.29. The van der Waals surface area contributed by atoms with Crippen LogP contribution in [-0.2, 0) is 27.3 Å². The molecule has 0 unspecified atom stereocenters. The molecule has 1 aromatic heterocycles. The highest BCUT2D eigenvalue weighted by atomic mass is 19.1. The lowest BCUT2D eigenvalue weighted by atomic mass is 10.1. The number of aromatic nitrogens is 3. The molecule has 0 radical (unpaired) electrons. The number of halogens is 1. The summed E-state index contributed by atoms with van der Waals surface area (Å²) in [7, 11) is 0. The van der Waals surface area contributed by atoms with Gasteiger partial charge in [-0.15, -0.1) is 5.10 Å². The number of rotatable bonds is 16. The molecular formula is C17H28FN7O7. The summed E-state index contributed by atoms with van der Waals surface area (Å²) in [5.74, 6) is -3.07. The lowest BCUT2D eigenvalue weighted by molar-refractivity contribution is -0.158. The van der Waals surface area contributed by atoms with Gasteiger partial charge in [0, 0.05) is 25.7 Å². The maximum atomic E-state index is 12.1. The van der Waals surface area contributed by atoms with Gasteiger partial charge in [0.2, 0.25) is 5.91 Å². The third-order valence-electron chi connectivity index (χ3n) is 4.12. The normalized spacial score (nSPS) is 11.6. The van der Waals surface area contributed by atoms with Crippen molar-refractivity contribution in [2.75, 3.05) is 19.8 Å². The van der Waals surface area contributed by atoms with E-state index < -0.39 is 43.5 Å². The quantitative estimate of drug-likeness (QED) is 0.104. The van der Waals surface area contributed by atoms with Gasteiger partial charge < -0.3 is 15.5 Å². The molecule has 1 heterocycles. The van der Waals surface area contributed by atoms with Gasteiger partial charge in [-0.1, -0.05) is 5.21 Å². The number of carbonyl (C=O) groups excluding carboxylic acids is 2. The van der Waals surface area contributed by atoms with Crippen molar-refractivity contribution < 1.29 is 39.0 Å². The molecule has 0 aliphatic carbocycles. The van der Waals surface area contributed by atoms with Crippen molar-refractivity contribution in [3.63, 3.8) is 0 Å². The van der Waals surface area contributed by atoms with Crippen LogP contribution in [0.15, 0.2) is 6.20 Å². The van der Waals surface area contributed by atoms with Gasteiger partial charge in [0.1, 0.15) is 6.54 Å². The summed E-state index contributed by atoms with van der Waals surface area (Å²) in [5.41, 5.74) is 5.21. The summed E-state index contributed by atoms with van der Waals surface area (Å²) in [6, 6.07) is -2.84. The van der Waals surface area contributed by atoms with Gasteiger partial charge in [-0.3, -0.25) is 24.6 Å². The van der Waals surface area contributed by atoms with Crippen molar-refractivity contribution in [3.05, 3.63) is 11.9 Å². The van der Waals surface area contributed by atoms with E-state index in [1.807, 2.05) is 0 Å². The van der Waals surface area contributed by atoms with E-state index in [0.29, 0.717) is 37.9 Å². The largest absolute Gasteiger partial charge is 0.481 e. The average molecular weight is 461 g/mol. The molecule has 6 N–H and O–H groups in total. The molecule has 1 atom stereocenters. The Bertz CT molecular complexity index is 761. The number of hydrogen-bond donors (Lipinski definition) is 6. The molecule has 0 fully saturated rings. The second kappa shape index (κ2) is 14.6. The van der Waals surface area contributed by atoms with Gasteiger partial charge in [0.25, 0.3) is 0 Å². The fraction of sp³-hybridized carbons (Fsp3) is 0.647. The first kappa shape index (κ1) is 26.7. The second-order valence-electron chi connectivity index (χ2n) is 6.75. The molecule has 1 rings (SSSR count). The molecule has 0 saturated heterocycles. The fourth-order valence-corrected chi connectivity index (χ4v) is 2.50. The number of nitrogens with zero attached hydrogens (tertiary/aromatic N) is 4. The maximum absolute atomic E-state index is 12.1. The first-order chi connectivity index (χ1) is 15.2. The third-order valence-corrected chi connectivity index (χ3v) is 4.12. The number of aliphatic carboxylic acids is 2. The van der Waals surface area contributed by atoms with E-state index in [1.165, 1.54) is 4.68 Å². The molecule has 14 nitrogen and oxygen atoms in total. The Labute approximate surface area is 182 Å². The van der Waals surface area contributed by atoms with Gasteiger partial charge in [-0.05, 0) is 32.1 Å². The molecule has 0 aliphatic rings. The lowest BCUT2D eigenvalue weighted by Crippen LogP contribution is -2.51. The molecule has 0 saturated carbocycles. The van der Waals surface area contributed by atoms with Crippen LogP contribution in [0.3, 0.4) is 0 Å². The predicted octanol–water partition coefficient (Wildman–Crippen LogP) is -0.700. The van der Waals surface area contributed by atoms with E-state index >= 15 is 0 Å². The van der Waals surface area contributed by atoms with Crippen LogP contribution in [0.2, 0.25) is 0 Å². The molecule has 0 bridgehead atoms. The minimum Gasteiger partial charge on any atom is -0.481 e. The topological polar surface area (TPSA) is 199 Å². The van der Waals surface area contributed by atoms with Crippen molar-refractivity contribution in [2.45, 2.75) is 51.1 Å². The summed E-state index contributed by atoms with van der Waals surface area (Å²) in [5, 5.41) is 37.5. The van der Waals surface area contributed by atoms with Crippen molar-refractivity contribution in [3.8, 4) is 0 Å². The summed E-state index contributed by atoms with van der Waals surface area (Å²) >= 11 is 0. The Morgan fingerprint density at radius 3 is 2.53 bits per heavy atom. The number of hydrogen-bond acceptors (Lipinski definition) is 8. The molecule has 0 spiro atoms. The first-order valence-corrected chi connectivity index (χ1v) is 9.91. The van der Waals surface area contributed by atoms with Crippen LogP contribution in [0.1, 0.15) is 37.8 Å². The number of urea groups is 1. The van der Waals surface area contributed by atoms with Crippen LogP contribution in [-0.4, -0.2) is 85.2 Å². The first-order valence-electron chi connectivity index (χ1n) is 9.91. The van der Waals surface area contributed by atoms with E-state index in [4.69, 9.17) is 10.2 Å². The minimum absolute atomic E-state index is 0.0180. The number of nitrogens with one attached hydrogen (secondary N) is 3. The fourth-order valence-electron chi connectivity index (χ4n) is 2.50. The Balaban J connectivity index is 2.17. The number of carboxylic acid groups (broad SMARTS) is 2. The van der Waals surface area contributed by atoms with Gasteiger partial charge in [0.15, 0.2) is 6.04 Å². The number of hydroxylamine groups is 2. The zero-order valence-electron chi connectivity index (χ0n) is 17.4. The monoisotopic (exact) mass is 461 g/mol. The van der Waals surface area contributed by atoms with E-state index in [9.17, 15) is 28.8 Å². The van der Waals surface area contributed by atoms with Crippen LogP contribution in [0, 0.1) is 0 Å². The SMILES string of the molecule is O=C(O)CC[C@@H](C(=O)O)N(O)C(=O)NNCCCCNC(=O)Cn1cc(CCCF)nn1. The van der Waals surface area contributed by atoms with Crippen LogP contribution >= 0.6 is 0 Å². The standard InChI is InChI=1S/C17H28FN7O7/c18-7-3-4-12-10-24(23-21-12)11-14(26)19-8-1-2-9-20-22-17(31)25(32)13(16(29)30)5-6-15(27)28/h10,13,20,32H,1-9,11H2,(H,19,26)(H,22,31)(H,27,28)(H,29,30)/t13-/m0/s1. The molecule has 3 amide bonds. The molecule has 1 aromatic rings. The van der Waals surface area contributed by atoms with Crippen molar-refractivity contribution in [1.29, 1.82) is 0 Å². The van der Waals surface area contributed by atoms with Crippen LogP contribution in [0.25, 0.3) is 0 Å². The minimum atomic E-state index is -1.70. The van der Waals surface area contributed by atoms with Gasteiger partial charge >= 0.3 is 18.0 Å². The maximum Gasteiger partial charge on any atom is 0.356 e. The number of unbranched alkanes of at least 4 members (excludes halogenated alkanes) is 1. The predicted molar refractivity (Wildman–Crippen MR) is 105 cm³/mol. The second-order valence-corrected chi connectivity index (χ2v) is 6.75. The number of carboxylic acids is 2. The number of alkyl halides is 1. The number of amides is 3. The summed E-state index contributed by atoms with van der Waals surface area (Å²) in [4.78, 5) is 45.2. The Hall–Kier alpha value is -3.33. The number of hydrazine groups is 1. The molecule has 180 valence electrons. The molecule has 0 aliphatic heterocycles. The third kappa shape index (κ3) is 10.6.